The Hall–Kier alpha value is -1.59. The number of benzene rings is 1. The maximum Gasteiger partial charge on any atom is 0.325 e. The zero-order valence-corrected chi connectivity index (χ0v) is 11.9. The molecule has 6 heteroatoms. The van der Waals surface area contributed by atoms with Crippen molar-refractivity contribution in [2.75, 3.05) is 27.2 Å². The van der Waals surface area contributed by atoms with Crippen LogP contribution >= 0.6 is 12.4 Å². The summed E-state index contributed by atoms with van der Waals surface area (Å²) in [6, 6.07) is 9.42. The van der Waals surface area contributed by atoms with Gasteiger partial charge in [-0.25, -0.2) is 0 Å². The van der Waals surface area contributed by atoms with E-state index >= 15 is 0 Å². The predicted molar refractivity (Wildman–Crippen MR) is 75.0 cm³/mol. The summed E-state index contributed by atoms with van der Waals surface area (Å²) in [4.78, 5) is 24.2. The Labute approximate surface area is 119 Å². The van der Waals surface area contributed by atoms with Gasteiger partial charge in [0.05, 0.1) is 6.54 Å². The molecule has 0 saturated heterocycles. The molecule has 1 aromatic rings. The number of rotatable bonds is 6. The third-order valence-electron chi connectivity index (χ3n) is 2.36. The molecule has 1 N–H and O–H groups in total. The zero-order valence-electron chi connectivity index (χ0n) is 11.1. The Morgan fingerprint density at radius 2 is 1.89 bits per heavy atom. The van der Waals surface area contributed by atoms with Gasteiger partial charge in [0.15, 0.2) is 0 Å². The largest absolute Gasteiger partial charge is 0.459 e. The van der Waals surface area contributed by atoms with Gasteiger partial charge in [0.2, 0.25) is 5.91 Å². The van der Waals surface area contributed by atoms with Crippen LogP contribution in [-0.4, -0.2) is 44.0 Å². The van der Waals surface area contributed by atoms with E-state index < -0.39 is 5.97 Å². The topological polar surface area (TPSA) is 58.6 Å². The van der Waals surface area contributed by atoms with Crippen LogP contribution in [0.1, 0.15) is 5.56 Å². The van der Waals surface area contributed by atoms with Gasteiger partial charge in [0, 0.05) is 7.05 Å². The quantitative estimate of drug-likeness (QED) is 0.787. The van der Waals surface area contributed by atoms with Gasteiger partial charge in [-0.15, -0.1) is 12.4 Å². The summed E-state index contributed by atoms with van der Waals surface area (Å²) in [5.74, 6) is -0.556. The molecule has 1 amide bonds. The number of hydrogen-bond acceptors (Lipinski definition) is 4. The second kappa shape index (κ2) is 9.35. The van der Waals surface area contributed by atoms with Gasteiger partial charge in [-0.2, -0.15) is 0 Å². The summed E-state index contributed by atoms with van der Waals surface area (Å²) in [6.45, 7) is 0.406. The third-order valence-corrected chi connectivity index (χ3v) is 2.36. The number of esters is 1. The molecule has 0 aliphatic carbocycles. The molecule has 106 valence electrons. The SMILES string of the molecule is CNCC(=O)N(C)CC(=O)OCc1ccccc1.Cl. The van der Waals surface area contributed by atoms with E-state index in [-0.39, 0.29) is 38.0 Å². The van der Waals surface area contributed by atoms with Gasteiger partial charge in [-0.05, 0) is 12.6 Å². The molecule has 0 fully saturated rings. The van der Waals surface area contributed by atoms with E-state index in [1.807, 2.05) is 30.3 Å². The van der Waals surface area contributed by atoms with Crippen molar-refractivity contribution >= 4 is 24.3 Å². The average Bonchev–Trinajstić information content (AvgIpc) is 2.38. The second-order valence-electron chi connectivity index (χ2n) is 3.93. The number of hydrogen-bond donors (Lipinski definition) is 1. The van der Waals surface area contributed by atoms with Crippen molar-refractivity contribution in [2.24, 2.45) is 0 Å². The van der Waals surface area contributed by atoms with E-state index in [4.69, 9.17) is 4.74 Å². The first-order chi connectivity index (χ1) is 8.63. The number of ether oxygens (including phenoxy) is 1. The van der Waals surface area contributed by atoms with Crippen LogP contribution in [0.2, 0.25) is 0 Å². The van der Waals surface area contributed by atoms with Gasteiger partial charge in [-0.3, -0.25) is 9.59 Å². The normalized spacial score (nSPS) is 9.37. The molecule has 19 heavy (non-hydrogen) atoms. The van der Waals surface area contributed by atoms with Crippen molar-refractivity contribution in [2.45, 2.75) is 6.61 Å². The first-order valence-corrected chi connectivity index (χ1v) is 5.71. The summed E-state index contributed by atoms with van der Waals surface area (Å²) >= 11 is 0. The fraction of sp³-hybridized carbons (Fsp3) is 0.385. The molecule has 0 atom stereocenters. The Morgan fingerprint density at radius 1 is 1.26 bits per heavy atom. The minimum absolute atomic E-state index is 0. The molecule has 1 aromatic carbocycles. The Kier molecular flexibility index (Phi) is 8.57. The minimum Gasteiger partial charge on any atom is -0.459 e. The second-order valence-corrected chi connectivity index (χ2v) is 3.93. The predicted octanol–water partition coefficient (Wildman–Crippen LogP) is 0.829. The van der Waals surface area contributed by atoms with Crippen LogP contribution in [0, 0.1) is 0 Å². The Bertz CT molecular complexity index is 398. The van der Waals surface area contributed by atoms with Crippen LogP contribution < -0.4 is 5.32 Å². The minimum atomic E-state index is -0.411. The number of nitrogens with one attached hydrogen (secondary N) is 1. The van der Waals surface area contributed by atoms with Crippen LogP contribution in [0.3, 0.4) is 0 Å². The van der Waals surface area contributed by atoms with Gasteiger partial charge in [0.25, 0.3) is 0 Å². The molecule has 1 rings (SSSR count). The van der Waals surface area contributed by atoms with Crippen molar-refractivity contribution in [3.05, 3.63) is 35.9 Å². The van der Waals surface area contributed by atoms with Crippen molar-refractivity contribution in [3.8, 4) is 0 Å². The Balaban J connectivity index is 0.00000324. The number of carbonyl (C=O) groups is 2. The zero-order chi connectivity index (χ0) is 13.4. The van der Waals surface area contributed by atoms with Gasteiger partial charge in [0.1, 0.15) is 13.2 Å². The molecule has 0 unspecified atom stereocenters. The highest BCUT2D eigenvalue weighted by atomic mass is 35.5. The van der Waals surface area contributed by atoms with Crippen molar-refractivity contribution in [1.82, 2.24) is 10.2 Å². The molecule has 0 heterocycles. The molecule has 0 saturated carbocycles. The summed E-state index contributed by atoms with van der Waals surface area (Å²) in [5, 5.41) is 2.74. The van der Waals surface area contributed by atoms with Crippen LogP contribution in [0.25, 0.3) is 0 Å². The molecule has 5 nitrogen and oxygen atoms in total. The van der Waals surface area contributed by atoms with Crippen molar-refractivity contribution in [1.29, 1.82) is 0 Å². The van der Waals surface area contributed by atoms with Crippen LogP contribution in [0.5, 0.6) is 0 Å². The van der Waals surface area contributed by atoms with E-state index in [2.05, 4.69) is 5.32 Å². The van der Waals surface area contributed by atoms with Crippen LogP contribution in [0.15, 0.2) is 30.3 Å². The number of amides is 1. The van der Waals surface area contributed by atoms with Crippen molar-refractivity contribution < 1.29 is 14.3 Å². The van der Waals surface area contributed by atoms with Gasteiger partial charge in [-0.1, -0.05) is 30.3 Å². The van der Waals surface area contributed by atoms with Crippen LogP contribution in [-0.2, 0) is 20.9 Å². The molecule has 0 spiro atoms. The highest BCUT2D eigenvalue weighted by molar-refractivity contribution is 5.85. The number of carbonyl (C=O) groups excluding carboxylic acids is 2. The first-order valence-electron chi connectivity index (χ1n) is 5.71. The van der Waals surface area contributed by atoms with E-state index in [0.717, 1.165) is 5.56 Å². The van der Waals surface area contributed by atoms with Gasteiger partial charge >= 0.3 is 5.97 Å². The van der Waals surface area contributed by atoms with E-state index in [0.29, 0.717) is 0 Å². The van der Waals surface area contributed by atoms with E-state index in [1.165, 1.54) is 4.90 Å². The smallest absolute Gasteiger partial charge is 0.325 e. The number of halogens is 1. The lowest BCUT2D eigenvalue weighted by Crippen LogP contribution is -2.38. The van der Waals surface area contributed by atoms with Gasteiger partial charge < -0.3 is 15.0 Å². The summed E-state index contributed by atoms with van der Waals surface area (Å²) in [6.07, 6.45) is 0. The van der Waals surface area contributed by atoms with Crippen LogP contribution in [0.4, 0.5) is 0 Å². The maximum absolute atomic E-state index is 11.5. The average molecular weight is 287 g/mol. The number of likely N-dealkylation sites (N-methyl/N-ethyl adjacent to an activating group) is 2. The molecule has 0 radical (unpaired) electrons. The maximum atomic E-state index is 11.5. The third kappa shape index (κ3) is 6.79. The molecule has 0 aliphatic heterocycles. The lowest BCUT2D eigenvalue weighted by atomic mass is 10.2. The summed E-state index contributed by atoms with van der Waals surface area (Å²) in [5.41, 5.74) is 0.926. The lowest BCUT2D eigenvalue weighted by Gasteiger charge is -2.15. The standard InChI is InChI=1S/C13H18N2O3.ClH/c1-14-8-12(16)15(2)9-13(17)18-10-11-6-4-3-5-7-11;/h3-7,14H,8-10H2,1-2H3;1H. The highest BCUT2D eigenvalue weighted by Gasteiger charge is 2.12. The van der Waals surface area contributed by atoms with E-state index in [9.17, 15) is 9.59 Å². The molecule has 0 aliphatic rings. The number of nitrogens with zero attached hydrogens (tertiary/aromatic N) is 1. The summed E-state index contributed by atoms with van der Waals surface area (Å²) in [7, 11) is 3.25. The Morgan fingerprint density at radius 3 is 2.47 bits per heavy atom. The fourth-order valence-electron chi connectivity index (χ4n) is 1.35. The first kappa shape index (κ1) is 17.4. The molecular formula is C13H19ClN2O3. The lowest BCUT2D eigenvalue weighted by molar-refractivity contribution is -0.149. The summed E-state index contributed by atoms with van der Waals surface area (Å²) < 4.78 is 5.07. The monoisotopic (exact) mass is 286 g/mol. The highest BCUT2D eigenvalue weighted by Crippen LogP contribution is 2.00. The van der Waals surface area contributed by atoms with E-state index in [1.54, 1.807) is 14.1 Å². The molecular weight excluding hydrogens is 268 g/mol. The molecule has 0 aromatic heterocycles. The molecule has 0 bridgehead atoms. The van der Waals surface area contributed by atoms with Crippen molar-refractivity contribution in [3.63, 3.8) is 0 Å². The fourth-order valence-corrected chi connectivity index (χ4v) is 1.35.